The number of aliphatic hydroxyl groups excluding tert-OH is 1. The van der Waals surface area contributed by atoms with Gasteiger partial charge in [0.1, 0.15) is 0 Å². The Labute approximate surface area is 93.4 Å². The van der Waals surface area contributed by atoms with E-state index in [2.05, 4.69) is 18.9 Å². The van der Waals surface area contributed by atoms with Crippen LogP contribution in [0.25, 0.3) is 0 Å². The first-order valence-corrected chi connectivity index (χ1v) is 6.02. The number of aliphatic hydroxyl groups is 1. The molecule has 1 aliphatic rings. The normalized spacial score (nSPS) is 28.6. The number of ether oxygens (including phenoxy) is 1. The Morgan fingerprint density at radius 1 is 1.47 bits per heavy atom. The minimum atomic E-state index is -0.0452. The number of rotatable bonds is 6. The van der Waals surface area contributed by atoms with Crippen LogP contribution >= 0.6 is 0 Å². The molecule has 1 saturated carbocycles. The summed E-state index contributed by atoms with van der Waals surface area (Å²) in [6.45, 7) is 4.02. The number of nitrogens with zero attached hydrogens (tertiary/aromatic N) is 1. The van der Waals surface area contributed by atoms with E-state index < -0.39 is 0 Å². The first-order chi connectivity index (χ1) is 7.15. The molecule has 0 aromatic heterocycles. The molecule has 0 aromatic rings. The third-order valence-electron chi connectivity index (χ3n) is 3.63. The van der Waals surface area contributed by atoms with Crippen LogP contribution in [-0.4, -0.2) is 49.5 Å². The molecule has 1 N–H and O–H groups in total. The third-order valence-corrected chi connectivity index (χ3v) is 3.63. The summed E-state index contributed by atoms with van der Waals surface area (Å²) in [4.78, 5) is 2.31. The number of hydrogen-bond donors (Lipinski definition) is 1. The highest BCUT2D eigenvalue weighted by Gasteiger charge is 2.25. The Balaban J connectivity index is 2.18. The molecule has 1 rings (SSSR count). The number of hydrogen-bond acceptors (Lipinski definition) is 3. The Bertz CT molecular complexity index is 175. The first-order valence-electron chi connectivity index (χ1n) is 6.02. The maximum atomic E-state index is 9.70. The van der Waals surface area contributed by atoms with Crippen molar-refractivity contribution in [1.29, 1.82) is 0 Å². The van der Waals surface area contributed by atoms with Crippen LogP contribution in [0.5, 0.6) is 0 Å². The van der Waals surface area contributed by atoms with Crippen LogP contribution in [-0.2, 0) is 4.74 Å². The van der Waals surface area contributed by atoms with Crippen molar-refractivity contribution in [2.75, 3.05) is 27.3 Å². The van der Waals surface area contributed by atoms with Crippen LogP contribution in [0, 0.1) is 5.92 Å². The van der Waals surface area contributed by atoms with E-state index in [0.717, 1.165) is 26.0 Å². The van der Waals surface area contributed by atoms with Crippen LogP contribution in [0.1, 0.15) is 32.6 Å². The van der Waals surface area contributed by atoms with Gasteiger partial charge in [0.15, 0.2) is 0 Å². The van der Waals surface area contributed by atoms with E-state index in [1.165, 1.54) is 12.8 Å². The molecule has 0 amide bonds. The summed E-state index contributed by atoms with van der Waals surface area (Å²) in [5.74, 6) is 0.530. The van der Waals surface area contributed by atoms with Gasteiger partial charge in [-0.25, -0.2) is 0 Å². The monoisotopic (exact) mass is 215 g/mol. The van der Waals surface area contributed by atoms with Gasteiger partial charge in [-0.3, -0.25) is 0 Å². The molecular formula is C12H25NO2. The van der Waals surface area contributed by atoms with Crippen molar-refractivity contribution in [3.63, 3.8) is 0 Å². The van der Waals surface area contributed by atoms with Crippen LogP contribution < -0.4 is 0 Å². The lowest BCUT2D eigenvalue weighted by Crippen LogP contribution is -2.34. The molecule has 0 spiro atoms. The maximum Gasteiger partial charge on any atom is 0.0615 e. The van der Waals surface area contributed by atoms with Gasteiger partial charge in [-0.2, -0.15) is 0 Å². The summed E-state index contributed by atoms with van der Waals surface area (Å²) < 4.78 is 5.13. The van der Waals surface area contributed by atoms with Gasteiger partial charge in [0, 0.05) is 13.2 Å². The average molecular weight is 215 g/mol. The highest BCUT2D eigenvalue weighted by molar-refractivity contribution is 4.77. The van der Waals surface area contributed by atoms with Crippen LogP contribution in [0.4, 0.5) is 0 Å². The Morgan fingerprint density at radius 2 is 2.20 bits per heavy atom. The summed E-state index contributed by atoms with van der Waals surface area (Å²) in [5, 5.41) is 9.70. The summed E-state index contributed by atoms with van der Waals surface area (Å²) in [5.41, 5.74) is 0. The zero-order chi connectivity index (χ0) is 11.3. The van der Waals surface area contributed by atoms with Gasteiger partial charge in [-0.1, -0.05) is 6.42 Å². The summed E-state index contributed by atoms with van der Waals surface area (Å²) >= 11 is 0. The summed E-state index contributed by atoms with van der Waals surface area (Å²) in [6, 6.07) is 0.466. The molecule has 0 saturated heterocycles. The molecule has 3 heteroatoms. The van der Waals surface area contributed by atoms with E-state index in [1.807, 2.05) is 0 Å². The van der Waals surface area contributed by atoms with Crippen molar-refractivity contribution in [2.24, 2.45) is 5.92 Å². The molecule has 0 aromatic carbocycles. The molecule has 0 heterocycles. The van der Waals surface area contributed by atoms with E-state index in [4.69, 9.17) is 4.74 Å². The fourth-order valence-corrected chi connectivity index (χ4v) is 2.31. The van der Waals surface area contributed by atoms with Crippen molar-refractivity contribution in [1.82, 2.24) is 4.90 Å². The highest BCUT2D eigenvalue weighted by atomic mass is 16.5. The highest BCUT2D eigenvalue weighted by Crippen LogP contribution is 2.28. The van der Waals surface area contributed by atoms with Gasteiger partial charge in [-0.05, 0) is 45.7 Å². The predicted octanol–water partition coefficient (Wildman–Crippen LogP) is 1.50. The van der Waals surface area contributed by atoms with E-state index in [0.29, 0.717) is 12.0 Å². The quantitative estimate of drug-likeness (QED) is 0.729. The fraction of sp³-hybridized carbons (Fsp3) is 1.00. The zero-order valence-corrected chi connectivity index (χ0v) is 10.3. The molecule has 3 unspecified atom stereocenters. The topological polar surface area (TPSA) is 32.7 Å². The smallest absolute Gasteiger partial charge is 0.0615 e. The molecule has 3 atom stereocenters. The predicted molar refractivity (Wildman–Crippen MR) is 61.9 cm³/mol. The Kier molecular flexibility index (Phi) is 5.58. The first kappa shape index (κ1) is 12.9. The van der Waals surface area contributed by atoms with Crippen molar-refractivity contribution in [3.05, 3.63) is 0 Å². The van der Waals surface area contributed by atoms with Gasteiger partial charge >= 0.3 is 0 Å². The van der Waals surface area contributed by atoms with E-state index in [-0.39, 0.29) is 6.10 Å². The average Bonchev–Trinajstić information content (AvgIpc) is 2.61. The zero-order valence-electron chi connectivity index (χ0n) is 10.3. The lowest BCUT2D eigenvalue weighted by Gasteiger charge is -2.26. The fourth-order valence-electron chi connectivity index (χ4n) is 2.31. The minimum Gasteiger partial charge on any atom is -0.393 e. The lowest BCUT2D eigenvalue weighted by molar-refractivity contribution is 0.0938. The molecule has 1 aliphatic carbocycles. The van der Waals surface area contributed by atoms with Gasteiger partial charge in [0.05, 0.1) is 12.7 Å². The molecule has 3 nitrogen and oxygen atoms in total. The van der Waals surface area contributed by atoms with Gasteiger partial charge in [0.25, 0.3) is 0 Å². The van der Waals surface area contributed by atoms with E-state index in [1.54, 1.807) is 7.11 Å². The number of methoxy groups -OCH3 is 1. The molecule has 1 fully saturated rings. The second-order valence-electron chi connectivity index (χ2n) is 4.83. The van der Waals surface area contributed by atoms with Gasteiger partial charge in [-0.15, -0.1) is 0 Å². The maximum absolute atomic E-state index is 9.70. The third kappa shape index (κ3) is 4.09. The van der Waals surface area contributed by atoms with E-state index in [9.17, 15) is 5.11 Å². The van der Waals surface area contributed by atoms with Crippen LogP contribution in [0.2, 0.25) is 0 Å². The summed E-state index contributed by atoms with van der Waals surface area (Å²) in [7, 11) is 3.87. The second-order valence-corrected chi connectivity index (χ2v) is 4.83. The van der Waals surface area contributed by atoms with Crippen molar-refractivity contribution in [2.45, 2.75) is 44.8 Å². The molecule has 0 aliphatic heterocycles. The standard InChI is InChI=1S/C12H25NO2/c1-10(9-15-3)13(2)8-7-11-5-4-6-12(11)14/h10-12,14H,4-9H2,1-3H3. The SMILES string of the molecule is COCC(C)N(C)CCC1CCCC1O. The molecule has 90 valence electrons. The Morgan fingerprint density at radius 3 is 2.73 bits per heavy atom. The van der Waals surface area contributed by atoms with Gasteiger partial charge in [0.2, 0.25) is 0 Å². The lowest BCUT2D eigenvalue weighted by atomic mass is 10.0. The van der Waals surface area contributed by atoms with Crippen LogP contribution in [0.3, 0.4) is 0 Å². The molecule has 0 radical (unpaired) electrons. The van der Waals surface area contributed by atoms with Gasteiger partial charge < -0.3 is 14.7 Å². The van der Waals surface area contributed by atoms with E-state index >= 15 is 0 Å². The Hall–Kier alpha value is -0.120. The molecule has 0 bridgehead atoms. The number of likely N-dealkylation sites (N-methyl/N-ethyl adjacent to an activating group) is 1. The van der Waals surface area contributed by atoms with Crippen molar-refractivity contribution >= 4 is 0 Å². The second kappa shape index (κ2) is 6.46. The van der Waals surface area contributed by atoms with Crippen LogP contribution in [0.15, 0.2) is 0 Å². The molecular weight excluding hydrogens is 190 g/mol. The van der Waals surface area contributed by atoms with Crippen molar-refractivity contribution < 1.29 is 9.84 Å². The largest absolute Gasteiger partial charge is 0.393 e. The summed E-state index contributed by atoms with van der Waals surface area (Å²) in [6.07, 6.45) is 4.47. The minimum absolute atomic E-state index is 0.0452. The molecule has 15 heavy (non-hydrogen) atoms. The van der Waals surface area contributed by atoms with Crippen molar-refractivity contribution in [3.8, 4) is 0 Å².